The van der Waals surface area contributed by atoms with Gasteiger partial charge >= 0.3 is 5.97 Å². The molecule has 2 aromatic heterocycles. The molecule has 0 aliphatic heterocycles. The lowest BCUT2D eigenvalue weighted by Crippen LogP contribution is -2.05. The van der Waals surface area contributed by atoms with Crippen molar-refractivity contribution in [2.24, 2.45) is 5.73 Å². The summed E-state index contributed by atoms with van der Waals surface area (Å²) in [5.74, 6) is 0.422. The molecule has 4 rings (SSSR count). The Morgan fingerprint density at radius 3 is 2.28 bits per heavy atom. The molecule has 0 saturated carbocycles. The maximum atomic E-state index is 12.3. The van der Waals surface area contributed by atoms with Crippen LogP contribution in [0.25, 0.3) is 33.3 Å². The van der Waals surface area contributed by atoms with E-state index in [1.54, 1.807) is 24.5 Å². The van der Waals surface area contributed by atoms with E-state index in [-0.39, 0.29) is 12.4 Å². The lowest BCUT2D eigenvalue weighted by atomic mass is 10.0. The minimum atomic E-state index is -0.410. The molecule has 0 atom stereocenters. The fourth-order valence-electron chi connectivity index (χ4n) is 3.35. The molecule has 6 nitrogen and oxygen atoms in total. The average Bonchev–Trinajstić information content (AvgIpc) is 2.83. The lowest BCUT2D eigenvalue weighted by Gasteiger charge is -2.10. The smallest absolute Gasteiger partial charge is 0.338 e. The predicted octanol–water partition coefficient (Wildman–Crippen LogP) is 4.90. The van der Waals surface area contributed by atoms with Gasteiger partial charge in [0, 0.05) is 23.3 Å². The number of fused-ring (bicyclic) bond motifs is 1. The number of esters is 1. The average molecular weight is 450 g/mol. The summed E-state index contributed by atoms with van der Waals surface area (Å²) in [7, 11) is 1.37. The second-order valence-corrected chi connectivity index (χ2v) is 7.03. The van der Waals surface area contributed by atoms with Crippen LogP contribution < -0.4 is 10.5 Å². The molecule has 0 spiro atoms. The van der Waals surface area contributed by atoms with E-state index in [1.807, 2.05) is 48.5 Å². The molecule has 0 bridgehead atoms. The second kappa shape index (κ2) is 10.7. The van der Waals surface area contributed by atoms with E-state index in [1.165, 1.54) is 7.11 Å². The second-order valence-electron chi connectivity index (χ2n) is 7.03. The molecule has 0 radical (unpaired) electrons. The first-order chi connectivity index (χ1) is 15.2. The SMILES string of the molecule is COC(=O)c1cc(-c2ccc(-c3ccc(OCCCN)cc3)cc2)nc2ccncc12.Cl. The summed E-state index contributed by atoms with van der Waals surface area (Å²) < 4.78 is 10.6. The molecule has 2 aromatic carbocycles. The summed E-state index contributed by atoms with van der Waals surface area (Å²) in [6.45, 7) is 1.24. The molecule has 32 heavy (non-hydrogen) atoms. The number of benzene rings is 2. The number of nitrogens with zero attached hydrogens (tertiary/aromatic N) is 2. The van der Waals surface area contributed by atoms with Crippen molar-refractivity contribution in [1.29, 1.82) is 0 Å². The van der Waals surface area contributed by atoms with Crippen molar-refractivity contribution in [1.82, 2.24) is 9.97 Å². The summed E-state index contributed by atoms with van der Waals surface area (Å²) in [6, 6.07) is 19.6. The molecule has 0 amide bonds. The Kier molecular flexibility index (Phi) is 7.76. The van der Waals surface area contributed by atoms with E-state index >= 15 is 0 Å². The molecule has 2 heterocycles. The standard InChI is InChI=1S/C25H23N3O3.ClH/c1-30-25(29)21-15-24(28-23-11-13-27-16-22(21)23)19-5-3-17(4-6-19)18-7-9-20(10-8-18)31-14-2-12-26;/h3-11,13,15-16H,2,12,14,26H2,1H3;1H. The number of pyridine rings is 2. The van der Waals surface area contributed by atoms with Gasteiger partial charge in [0.2, 0.25) is 0 Å². The lowest BCUT2D eigenvalue weighted by molar-refractivity contribution is 0.0603. The van der Waals surface area contributed by atoms with Crippen molar-refractivity contribution in [3.05, 3.63) is 78.6 Å². The highest BCUT2D eigenvalue weighted by Crippen LogP contribution is 2.28. The molecular formula is C25H24ClN3O3. The number of carbonyl (C=O) groups excluding carboxylic acids is 1. The maximum Gasteiger partial charge on any atom is 0.338 e. The van der Waals surface area contributed by atoms with Crippen LogP contribution in [0, 0.1) is 0 Å². The number of aromatic nitrogens is 2. The van der Waals surface area contributed by atoms with Crippen molar-refractivity contribution in [2.75, 3.05) is 20.3 Å². The molecule has 0 unspecified atom stereocenters. The van der Waals surface area contributed by atoms with Gasteiger partial charge in [-0.05, 0) is 48.4 Å². The van der Waals surface area contributed by atoms with Crippen LogP contribution in [0.15, 0.2) is 73.1 Å². The Labute approximate surface area is 192 Å². The summed E-state index contributed by atoms with van der Waals surface area (Å²) in [4.78, 5) is 21.1. The predicted molar refractivity (Wildman–Crippen MR) is 128 cm³/mol. The van der Waals surface area contributed by atoms with Gasteiger partial charge in [-0.15, -0.1) is 12.4 Å². The van der Waals surface area contributed by atoms with E-state index in [0.29, 0.717) is 35.3 Å². The molecule has 0 saturated heterocycles. The minimum absolute atomic E-state index is 0. The summed E-state index contributed by atoms with van der Waals surface area (Å²) in [6.07, 6.45) is 4.12. The Hall–Kier alpha value is -3.48. The molecule has 0 aliphatic carbocycles. The number of carbonyl (C=O) groups is 1. The van der Waals surface area contributed by atoms with Gasteiger partial charge in [0.1, 0.15) is 5.75 Å². The van der Waals surface area contributed by atoms with E-state index < -0.39 is 5.97 Å². The Bertz CT molecular complexity index is 1200. The molecule has 4 aromatic rings. The van der Waals surface area contributed by atoms with Gasteiger partial charge in [0.05, 0.1) is 30.5 Å². The van der Waals surface area contributed by atoms with Crippen LogP contribution in [0.5, 0.6) is 5.75 Å². The number of halogens is 1. The van der Waals surface area contributed by atoms with Gasteiger partial charge in [-0.3, -0.25) is 4.98 Å². The van der Waals surface area contributed by atoms with Crippen LogP contribution in [0.3, 0.4) is 0 Å². The van der Waals surface area contributed by atoms with Crippen molar-refractivity contribution in [3.8, 4) is 28.1 Å². The third kappa shape index (κ3) is 5.04. The third-order valence-corrected chi connectivity index (χ3v) is 5.00. The van der Waals surface area contributed by atoms with Crippen LogP contribution in [0.4, 0.5) is 0 Å². The van der Waals surface area contributed by atoms with E-state index in [4.69, 9.17) is 20.2 Å². The van der Waals surface area contributed by atoms with Gasteiger partial charge in [-0.25, -0.2) is 9.78 Å². The fourth-order valence-corrected chi connectivity index (χ4v) is 3.35. The first-order valence-corrected chi connectivity index (χ1v) is 10.1. The quantitative estimate of drug-likeness (QED) is 0.319. The zero-order valence-electron chi connectivity index (χ0n) is 17.7. The van der Waals surface area contributed by atoms with Crippen LogP contribution in [-0.2, 0) is 4.74 Å². The van der Waals surface area contributed by atoms with Gasteiger partial charge in [0.15, 0.2) is 0 Å². The van der Waals surface area contributed by atoms with Gasteiger partial charge in [-0.1, -0.05) is 36.4 Å². The number of methoxy groups -OCH3 is 1. The first-order valence-electron chi connectivity index (χ1n) is 10.1. The van der Waals surface area contributed by atoms with Gasteiger partial charge in [0.25, 0.3) is 0 Å². The number of ether oxygens (including phenoxy) is 2. The van der Waals surface area contributed by atoms with Crippen LogP contribution in [0.2, 0.25) is 0 Å². The van der Waals surface area contributed by atoms with Crippen molar-refractivity contribution >= 4 is 29.3 Å². The highest BCUT2D eigenvalue weighted by molar-refractivity contribution is 6.04. The van der Waals surface area contributed by atoms with E-state index in [9.17, 15) is 4.79 Å². The Balaban J connectivity index is 0.00000289. The van der Waals surface area contributed by atoms with Crippen molar-refractivity contribution in [3.63, 3.8) is 0 Å². The number of rotatable bonds is 7. The van der Waals surface area contributed by atoms with Crippen LogP contribution in [0.1, 0.15) is 16.8 Å². The number of hydrogen-bond acceptors (Lipinski definition) is 6. The minimum Gasteiger partial charge on any atom is -0.494 e. The molecule has 2 N–H and O–H groups in total. The maximum absolute atomic E-state index is 12.3. The molecule has 0 fully saturated rings. The van der Waals surface area contributed by atoms with Crippen molar-refractivity contribution < 1.29 is 14.3 Å². The number of nitrogens with two attached hydrogens (primary N) is 1. The highest BCUT2D eigenvalue weighted by atomic mass is 35.5. The summed E-state index contributed by atoms with van der Waals surface area (Å²) >= 11 is 0. The zero-order valence-corrected chi connectivity index (χ0v) is 18.5. The topological polar surface area (TPSA) is 87.3 Å². The van der Waals surface area contributed by atoms with E-state index in [0.717, 1.165) is 28.9 Å². The Morgan fingerprint density at radius 1 is 0.969 bits per heavy atom. The Morgan fingerprint density at radius 2 is 1.62 bits per heavy atom. The molecule has 164 valence electrons. The molecule has 7 heteroatoms. The monoisotopic (exact) mass is 449 g/mol. The van der Waals surface area contributed by atoms with Crippen molar-refractivity contribution in [2.45, 2.75) is 6.42 Å². The van der Waals surface area contributed by atoms with Crippen LogP contribution >= 0.6 is 12.4 Å². The number of hydrogen-bond donors (Lipinski definition) is 1. The normalized spacial score (nSPS) is 10.4. The van der Waals surface area contributed by atoms with E-state index in [2.05, 4.69) is 4.98 Å². The molecular weight excluding hydrogens is 426 g/mol. The fraction of sp³-hybridized carbons (Fsp3) is 0.160. The first kappa shape index (κ1) is 23.2. The summed E-state index contributed by atoms with van der Waals surface area (Å²) in [5, 5.41) is 0.670. The van der Waals surface area contributed by atoms with Gasteiger partial charge < -0.3 is 15.2 Å². The van der Waals surface area contributed by atoms with Crippen LogP contribution in [-0.4, -0.2) is 36.2 Å². The summed E-state index contributed by atoms with van der Waals surface area (Å²) in [5.41, 5.74) is 10.4. The largest absolute Gasteiger partial charge is 0.494 e. The third-order valence-electron chi connectivity index (χ3n) is 5.00. The molecule has 0 aliphatic rings. The highest BCUT2D eigenvalue weighted by Gasteiger charge is 2.14. The zero-order chi connectivity index (χ0) is 21.6. The van der Waals surface area contributed by atoms with Gasteiger partial charge in [-0.2, -0.15) is 0 Å².